The zero-order valence-electron chi connectivity index (χ0n) is 16.5. The smallest absolute Gasteiger partial charge is 0.339 e. The van der Waals surface area contributed by atoms with Crippen molar-refractivity contribution in [3.63, 3.8) is 0 Å². The van der Waals surface area contributed by atoms with Crippen LogP contribution < -0.4 is 15.2 Å². The topological polar surface area (TPSA) is 125 Å². The van der Waals surface area contributed by atoms with Crippen molar-refractivity contribution in [2.24, 2.45) is 5.14 Å². The molecule has 0 fully saturated rings. The molecule has 0 saturated heterocycles. The van der Waals surface area contributed by atoms with Crippen LogP contribution in [0.2, 0.25) is 0 Å². The molecular formula is C20H24N2O6S. The van der Waals surface area contributed by atoms with Crippen LogP contribution in [-0.4, -0.2) is 40.1 Å². The van der Waals surface area contributed by atoms with Gasteiger partial charge in [-0.3, -0.25) is 4.79 Å². The Bertz CT molecular complexity index is 987. The van der Waals surface area contributed by atoms with Gasteiger partial charge in [0.2, 0.25) is 10.0 Å². The second kappa shape index (κ2) is 9.53. The molecule has 0 aliphatic carbocycles. The fraction of sp³-hybridized carbons (Fsp3) is 0.300. The zero-order valence-corrected chi connectivity index (χ0v) is 17.3. The first-order valence-electron chi connectivity index (χ1n) is 8.87. The van der Waals surface area contributed by atoms with Gasteiger partial charge < -0.3 is 14.8 Å². The predicted molar refractivity (Wildman–Crippen MR) is 107 cm³/mol. The summed E-state index contributed by atoms with van der Waals surface area (Å²) in [6.07, 6.45) is -0.494. The van der Waals surface area contributed by atoms with Crippen LogP contribution in [0.4, 0.5) is 0 Å². The Kier molecular flexibility index (Phi) is 7.35. The molecule has 0 aliphatic rings. The Hall–Kier alpha value is -2.91. The summed E-state index contributed by atoms with van der Waals surface area (Å²) in [4.78, 5) is 24.4. The van der Waals surface area contributed by atoms with Gasteiger partial charge >= 0.3 is 5.97 Å². The van der Waals surface area contributed by atoms with Gasteiger partial charge in [-0.1, -0.05) is 18.2 Å². The van der Waals surface area contributed by atoms with Crippen LogP contribution in [0, 0.1) is 6.92 Å². The average molecular weight is 420 g/mol. The summed E-state index contributed by atoms with van der Waals surface area (Å²) in [7, 11) is -2.22. The Morgan fingerprint density at radius 2 is 1.79 bits per heavy atom. The fourth-order valence-electron chi connectivity index (χ4n) is 2.55. The number of ether oxygens (including phenoxy) is 2. The molecule has 0 saturated carbocycles. The van der Waals surface area contributed by atoms with Gasteiger partial charge in [0.25, 0.3) is 5.91 Å². The highest BCUT2D eigenvalue weighted by molar-refractivity contribution is 7.89. The first-order chi connectivity index (χ1) is 13.6. The number of hydrogen-bond acceptors (Lipinski definition) is 6. The molecule has 0 radical (unpaired) electrons. The lowest BCUT2D eigenvalue weighted by Gasteiger charge is -2.14. The lowest BCUT2D eigenvalue weighted by Crippen LogP contribution is -2.36. The summed E-state index contributed by atoms with van der Waals surface area (Å²) >= 11 is 0. The minimum atomic E-state index is -3.73. The summed E-state index contributed by atoms with van der Waals surface area (Å²) in [6, 6.07) is 11.0. The summed E-state index contributed by atoms with van der Waals surface area (Å²) in [5.41, 5.74) is 2.00. The van der Waals surface area contributed by atoms with E-state index in [4.69, 9.17) is 14.6 Å². The number of carbonyl (C=O) groups excluding carboxylic acids is 2. The Labute approximate surface area is 170 Å². The van der Waals surface area contributed by atoms with E-state index < -0.39 is 28.0 Å². The molecule has 2 aromatic carbocycles. The molecule has 3 N–H and O–H groups in total. The number of nitrogens with one attached hydrogen (secondary N) is 1. The number of aryl methyl sites for hydroxylation is 1. The number of amides is 1. The second-order valence-corrected chi connectivity index (χ2v) is 8.02. The third-order valence-corrected chi connectivity index (χ3v) is 5.19. The Morgan fingerprint density at radius 3 is 2.38 bits per heavy atom. The van der Waals surface area contributed by atoms with Gasteiger partial charge in [-0.25, -0.2) is 18.4 Å². The molecule has 0 aromatic heterocycles. The average Bonchev–Trinajstić information content (AvgIpc) is 2.67. The van der Waals surface area contributed by atoms with E-state index in [0.717, 1.165) is 11.1 Å². The first-order valence-corrected chi connectivity index (χ1v) is 10.4. The normalized spacial score (nSPS) is 12.1. The number of carbonyl (C=O) groups is 2. The molecule has 0 spiro atoms. The summed E-state index contributed by atoms with van der Waals surface area (Å²) in [6.45, 7) is 3.64. The number of methoxy groups -OCH3 is 1. The van der Waals surface area contributed by atoms with E-state index in [9.17, 15) is 18.0 Å². The molecule has 9 heteroatoms. The molecule has 2 aromatic rings. The van der Waals surface area contributed by atoms with E-state index in [1.165, 1.54) is 26.2 Å². The molecular weight excluding hydrogens is 396 g/mol. The number of sulfonamides is 1. The maximum atomic E-state index is 12.2. The third-order valence-electron chi connectivity index (χ3n) is 4.26. The molecule has 156 valence electrons. The number of rotatable bonds is 8. The van der Waals surface area contributed by atoms with Crippen molar-refractivity contribution in [2.45, 2.75) is 31.3 Å². The molecule has 2 rings (SSSR count). The maximum absolute atomic E-state index is 12.2. The number of primary sulfonamides is 1. The van der Waals surface area contributed by atoms with Crippen molar-refractivity contribution in [1.82, 2.24) is 5.32 Å². The number of esters is 1. The summed E-state index contributed by atoms with van der Waals surface area (Å²) < 4.78 is 32.9. The van der Waals surface area contributed by atoms with E-state index >= 15 is 0 Å². The van der Waals surface area contributed by atoms with Crippen LogP contribution in [0.15, 0.2) is 47.4 Å². The first kappa shape index (κ1) is 22.4. The molecule has 8 nitrogen and oxygen atoms in total. The number of benzene rings is 2. The predicted octanol–water partition coefficient (Wildman–Crippen LogP) is 1.56. The monoisotopic (exact) mass is 420 g/mol. The molecule has 1 atom stereocenters. The van der Waals surface area contributed by atoms with Gasteiger partial charge in [0.05, 0.1) is 17.6 Å². The van der Waals surface area contributed by atoms with E-state index in [0.29, 0.717) is 24.3 Å². The van der Waals surface area contributed by atoms with E-state index in [-0.39, 0.29) is 4.90 Å². The van der Waals surface area contributed by atoms with E-state index in [2.05, 4.69) is 5.32 Å². The van der Waals surface area contributed by atoms with Crippen LogP contribution >= 0.6 is 0 Å². The van der Waals surface area contributed by atoms with Crippen LogP contribution in [-0.2, 0) is 26.0 Å². The van der Waals surface area contributed by atoms with Crippen LogP contribution in [0.5, 0.6) is 5.75 Å². The zero-order chi connectivity index (χ0) is 21.6. The highest BCUT2D eigenvalue weighted by Crippen LogP contribution is 2.19. The van der Waals surface area contributed by atoms with Gasteiger partial charge in [-0.05, 0) is 55.7 Å². The van der Waals surface area contributed by atoms with Gasteiger partial charge in [0.1, 0.15) is 5.75 Å². The van der Waals surface area contributed by atoms with Crippen molar-refractivity contribution < 1.29 is 27.5 Å². The van der Waals surface area contributed by atoms with Gasteiger partial charge in [0, 0.05) is 6.54 Å². The number of hydrogen-bond donors (Lipinski definition) is 2. The van der Waals surface area contributed by atoms with Crippen molar-refractivity contribution in [3.8, 4) is 5.75 Å². The molecule has 0 aliphatic heterocycles. The van der Waals surface area contributed by atoms with Crippen LogP contribution in [0.3, 0.4) is 0 Å². The SMILES string of the molecule is COc1cc(C(=O)O[C@@H](C)C(=O)NCCc2ccc(S(N)(=O)=O)cc2)ccc1C. The van der Waals surface area contributed by atoms with Crippen molar-refractivity contribution in [1.29, 1.82) is 0 Å². The van der Waals surface area contributed by atoms with E-state index in [1.54, 1.807) is 30.3 Å². The van der Waals surface area contributed by atoms with Crippen LogP contribution in [0.1, 0.15) is 28.4 Å². The van der Waals surface area contributed by atoms with Crippen molar-refractivity contribution in [3.05, 3.63) is 59.2 Å². The minimum Gasteiger partial charge on any atom is -0.496 e. The Balaban J connectivity index is 1.85. The van der Waals surface area contributed by atoms with Crippen LogP contribution in [0.25, 0.3) is 0 Å². The quantitative estimate of drug-likeness (QED) is 0.625. The third kappa shape index (κ3) is 6.30. The lowest BCUT2D eigenvalue weighted by molar-refractivity contribution is -0.129. The second-order valence-electron chi connectivity index (χ2n) is 6.46. The van der Waals surface area contributed by atoms with Gasteiger partial charge in [-0.2, -0.15) is 0 Å². The lowest BCUT2D eigenvalue weighted by atomic mass is 10.1. The summed E-state index contributed by atoms with van der Waals surface area (Å²) in [5.74, 6) is -0.492. The molecule has 1 amide bonds. The van der Waals surface area contributed by atoms with E-state index in [1.807, 2.05) is 6.92 Å². The largest absolute Gasteiger partial charge is 0.496 e. The molecule has 0 bridgehead atoms. The molecule has 29 heavy (non-hydrogen) atoms. The molecule has 0 unspecified atom stereocenters. The maximum Gasteiger partial charge on any atom is 0.339 e. The van der Waals surface area contributed by atoms with Gasteiger partial charge in [-0.15, -0.1) is 0 Å². The Morgan fingerprint density at radius 1 is 1.14 bits per heavy atom. The number of nitrogens with two attached hydrogens (primary N) is 1. The molecule has 0 heterocycles. The highest BCUT2D eigenvalue weighted by atomic mass is 32.2. The standard InChI is InChI=1S/C20H24N2O6S/c1-13-4-7-16(12-18(13)27-3)20(24)28-14(2)19(23)22-11-10-15-5-8-17(9-6-15)29(21,25)26/h4-9,12,14H,10-11H2,1-3H3,(H,22,23)(H2,21,25,26)/t14-/m0/s1. The minimum absolute atomic E-state index is 0.0264. The van der Waals surface area contributed by atoms with Crippen molar-refractivity contribution in [2.75, 3.05) is 13.7 Å². The van der Waals surface area contributed by atoms with Gasteiger partial charge in [0.15, 0.2) is 6.10 Å². The highest BCUT2D eigenvalue weighted by Gasteiger charge is 2.19. The fourth-order valence-corrected chi connectivity index (χ4v) is 3.06. The summed E-state index contributed by atoms with van der Waals surface area (Å²) in [5, 5.41) is 7.73. The van der Waals surface area contributed by atoms with Crippen molar-refractivity contribution >= 4 is 21.9 Å².